The van der Waals surface area contributed by atoms with Gasteiger partial charge in [0.15, 0.2) is 5.13 Å². The number of aryl methyl sites for hydroxylation is 1. The molecule has 2 heterocycles. The van der Waals surface area contributed by atoms with Crippen molar-refractivity contribution in [2.45, 2.75) is 52.1 Å². The largest absolute Gasteiger partial charge is 0.325 e. The molecule has 0 saturated carbocycles. The molecule has 2 aromatic carbocycles. The van der Waals surface area contributed by atoms with Gasteiger partial charge in [0.25, 0.3) is 5.91 Å². The van der Waals surface area contributed by atoms with Gasteiger partial charge in [-0.1, -0.05) is 62.2 Å². The van der Waals surface area contributed by atoms with Crippen LogP contribution in [-0.4, -0.2) is 27.7 Å². The van der Waals surface area contributed by atoms with Gasteiger partial charge in [-0.15, -0.1) is 11.3 Å². The van der Waals surface area contributed by atoms with E-state index >= 15 is 0 Å². The lowest BCUT2D eigenvalue weighted by Crippen LogP contribution is -2.44. The Bertz CT molecular complexity index is 1210. The number of nitrogens with one attached hydrogen (secondary N) is 1. The van der Waals surface area contributed by atoms with Crippen molar-refractivity contribution in [2.24, 2.45) is 0 Å². The van der Waals surface area contributed by atoms with Crippen LogP contribution in [0.1, 0.15) is 49.9 Å². The highest BCUT2D eigenvalue weighted by Gasteiger charge is 2.51. The predicted molar refractivity (Wildman–Crippen MR) is 133 cm³/mol. The molecule has 1 saturated heterocycles. The fourth-order valence-corrected chi connectivity index (χ4v) is 5.15. The lowest BCUT2D eigenvalue weighted by molar-refractivity contribution is -0.132. The van der Waals surface area contributed by atoms with Crippen molar-refractivity contribution in [3.8, 4) is 0 Å². The molecule has 3 aromatic rings. The molecule has 176 valence electrons. The average molecular weight is 477 g/mol. The minimum Gasteiger partial charge on any atom is -0.319 e. The van der Waals surface area contributed by atoms with Crippen molar-refractivity contribution in [1.82, 2.24) is 15.2 Å². The van der Waals surface area contributed by atoms with Crippen LogP contribution in [0.5, 0.6) is 0 Å². The van der Waals surface area contributed by atoms with Gasteiger partial charge in [-0.05, 0) is 36.6 Å². The van der Waals surface area contributed by atoms with E-state index in [1.165, 1.54) is 23.2 Å². The second-order valence-corrected chi connectivity index (χ2v) is 9.35. The molecule has 0 radical (unpaired) electrons. The Hall–Kier alpha value is -3.52. The quantitative estimate of drug-likeness (QED) is 0.449. The van der Waals surface area contributed by atoms with Crippen LogP contribution in [0.25, 0.3) is 0 Å². The number of anilines is 2. The molecule has 34 heavy (non-hydrogen) atoms. The highest BCUT2D eigenvalue weighted by Crippen LogP contribution is 2.36. The zero-order chi connectivity index (χ0) is 24.3. The van der Waals surface area contributed by atoms with Gasteiger partial charge in [0.2, 0.25) is 5.91 Å². The van der Waals surface area contributed by atoms with Crippen molar-refractivity contribution in [3.63, 3.8) is 0 Å². The van der Waals surface area contributed by atoms with Gasteiger partial charge >= 0.3 is 6.03 Å². The summed E-state index contributed by atoms with van der Waals surface area (Å²) in [6.45, 7) is 5.55. The molecular weight excluding hydrogens is 448 g/mol. The summed E-state index contributed by atoms with van der Waals surface area (Å²) in [5, 5.41) is 5.26. The molecule has 1 aliphatic heterocycles. The lowest BCUT2D eigenvalue weighted by atomic mass is 9.85. The van der Waals surface area contributed by atoms with E-state index in [9.17, 15) is 14.4 Å². The molecule has 4 rings (SSSR count). The number of nitrogens with zero attached hydrogens (tertiary/aromatic N) is 3. The topological polar surface area (TPSA) is 82.6 Å². The molecular formula is C26H28N4O3S. The first-order valence-corrected chi connectivity index (χ1v) is 12.2. The monoisotopic (exact) mass is 476 g/mol. The third-order valence-corrected chi connectivity index (χ3v) is 6.85. The maximum Gasteiger partial charge on any atom is 0.325 e. The van der Waals surface area contributed by atoms with E-state index in [1.54, 1.807) is 10.3 Å². The van der Waals surface area contributed by atoms with Crippen LogP contribution < -0.4 is 10.2 Å². The van der Waals surface area contributed by atoms with Crippen molar-refractivity contribution in [3.05, 3.63) is 76.8 Å². The van der Waals surface area contributed by atoms with E-state index in [-0.39, 0.29) is 18.4 Å². The third-order valence-electron chi connectivity index (χ3n) is 5.97. The minimum atomic E-state index is -1.07. The Morgan fingerprint density at radius 3 is 2.59 bits per heavy atom. The fourth-order valence-electron chi connectivity index (χ4n) is 4.27. The first-order valence-electron chi connectivity index (χ1n) is 11.4. The summed E-state index contributed by atoms with van der Waals surface area (Å²) in [6, 6.07) is 16.6. The molecule has 1 aliphatic rings. The number of hydrogen-bond donors (Lipinski definition) is 1. The molecule has 1 N–H and O–H groups in total. The van der Waals surface area contributed by atoms with Crippen LogP contribution in [-0.2, 0) is 21.7 Å². The summed E-state index contributed by atoms with van der Waals surface area (Å²) in [5.74, 6) is -0.432. The normalized spacial score (nSPS) is 17.7. The van der Waals surface area contributed by atoms with Gasteiger partial charge in [-0.2, -0.15) is 0 Å². The molecule has 1 unspecified atom stereocenters. The number of imide groups is 1. The number of amides is 4. The van der Waals surface area contributed by atoms with Crippen molar-refractivity contribution >= 4 is 40.0 Å². The molecule has 0 bridgehead atoms. The Balaban J connectivity index is 1.60. The molecule has 1 aromatic heterocycles. The summed E-state index contributed by atoms with van der Waals surface area (Å²) in [4.78, 5) is 46.4. The van der Waals surface area contributed by atoms with Crippen LogP contribution in [0.4, 0.5) is 15.6 Å². The standard InChI is InChI=1S/C26H28N4O3S/c1-4-5-14-26(20-11-7-6-8-12-20)23(32)29(24(33)28-26)16-21-17-34-25(27-21)30(19(3)31)22-13-9-10-18(2)15-22/h6-13,15,17H,4-5,14,16H2,1-3H3,(H,28,33). The van der Waals surface area contributed by atoms with Crippen molar-refractivity contribution in [2.75, 3.05) is 4.90 Å². The van der Waals surface area contributed by atoms with E-state index in [0.717, 1.165) is 29.7 Å². The number of hydrogen-bond acceptors (Lipinski definition) is 5. The Labute approximate surface area is 203 Å². The Morgan fingerprint density at radius 2 is 1.91 bits per heavy atom. The Kier molecular flexibility index (Phi) is 6.79. The number of carbonyl (C=O) groups excluding carboxylic acids is 3. The highest BCUT2D eigenvalue weighted by molar-refractivity contribution is 7.14. The number of unbranched alkanes of at least 4 members (excludes halogenated alkanes) is 1. The second-order valence-electron chi connectivity index (χ2n) is 8.51. The summed E-state index contributed by atoms with van der Waals surface area (Å²) < 4.78 is 0. The zero-order valence-corrected chi connectivity index (χ0v) is 20.4. The van der Waals surface area contributed by atoms with E-state index < -0.39 is 11.6 Å². The SMILES string of the molecule is CCCCC1(c2ccccc2)NC(=O)N(Cc2csc(N(C(C)=O)c3cccc(C)c3)n2)C1=O. The zero-order valence-electron chi connectivity index (χ0n) is 19.6. The summed E-state index contributed by atoms with van der Waals surface area (Å²) in [5.41, 5.74) is 2.03. The second kappa shape index (κ2) is 9.77. The van der Waals surface area contributed by atoms with Gasteiger partial charge in [0.1, 0.15) is 5.54 Å². The highest BCUT2D eigenvalue weighted by atomic mass is 32.1. The first-order chi connectivity index (χ1) is 16.4. The maximum absolute atomic E-state index is 13.6. The van der Waals surface area contributed by atoms with Crippen LogP contribution in [0.15, 0.2) is 60.0 Å². The molecule has 7 nitrogen and oxygen atoms in total. The average Bonchev–Trinajstić information content (AvgIpc) is 3.37. The van der Waals surface area contributed by atoms with Crippen LogP contribution in [0.2, 0.25) is 0 Å². The van der Waals surface area contributed by atoms with Crippen molar-refractivity contribution in [1.29, 1.82) is 0 Å². The van der Waals surface area contributed by atoms with Gasteiger partial charge in [-0.3, -0.25) is 19.4 Å². The van der Waals surface area contributed by atoms with Crippen LogP contribution >= 0.6 is 11.3 Å². The summed E-state index contributed by atoms with van der Waals surface area (Å²) in [7, 11) is 0. The fraction of sp³-hybridized carbons (Fsp3) is 0.308. The molecule has 4 amide bonds. The van der Waals surface area contributed by atoms with Gasteiger partial charge < -0.3 is 5.32 Å². The van der Waals surface area contributed by atoms with E-state index in [2.05, 4.69) is 17.2 Å². The number of aromatic nitrogens is 1. The summed E-state index contributed by atoms with van der Waals surface area (Å²) >= 11 is 1.31. The van der Waals surface area contributed by atoms with Crippen LogP contribution in [0.3, 0.4) is 0 Å². The van der Waals surface area contributed by atoms with Gasteiger partial charge in [-0.25, -0.2) is 9.78 Å². The van der Waals surface area contributed by atoms with E-state index in [4.69, 9.17) is 0 Å². The van der Waals surface area contributed by atoms with Gasteiger partial charge in [0, 0.05) is 12.3 Å². The summed E-state index contributed by atoms with van der Waals surface area (Å²) in [6.07, 6.45) is 2.25. The molecule has 1 fully saturated rings. The van der Waals surface area contributed by atoms with E-state index in [0.29, 0.717) is 17.2 Å². The number of urea groups is 1. The van der Waals surface area contributed by atoms with E-state index in [1.807, 2.05) is 61.5 Å². The molecule has 0 aliphatic carbocycles. The molecule has 1 atom stereocenters. The molecule has 8 heteroatoms. The minimum absolute atomic E-state index is 0.0431. The molecule has 0 spiro atoms. The predicted octanol–water partition coefficient (Wildman–Crippen LogP) is 5.27. The maximum atomic E-state index is 13.6. The van der Waals surface area contributed by atoms with Gasteiger partial charge in [0.05, 0.1) is 17.9 Å². The van der Waals surface area contributed by atoms with Crippen LogP contribution in [0, 0.1) is 6.92 Å². The smallest absolute Gasteiger partial charge is 0.319 e. The first kappa shape index (κ1) is 23.6. The lowest BCUT2D eigenvalue weighted by Gasteiger charge is -2.27. The van der Waals surface area contributed by atoms with Crippen molar-refractivity contribution < 1.29 is 14.4 Å². The number of rotatable bonds is 8. The number of carbonyl (C=O) groups is 3. The third kappa shape index (κ3) is 4.46. The number of benzene rings is 2. The Morgan fingerprint density at radius 1 is 1.15 bits per heavy atom. The number of thiazole rings is 1.